The van der Waals surface area contributed by atoms with Crippen molar-refractivity contribution in [1.29, 1.82) is 0 Å². The van der Waals surface area contributed by atoms with Gasteiger partial charge in [0, 0.05) is 24.4 Å². The molecule has 0 fully saturated rings. The van der Waals surface area contributed by atoms with E-state index in [0.717, 1.165) is 6.07 Å². The number of halogens is 3. The highest BCUT2D eigenvalue weighted by molar-refractivity contribution is 5.96. The summed E-state index contributed by atoms with van der Waals surface area (Å²) in [5.74, 6) is -1.04. The van der Waals surface area contributed by atoms with Crippen molar-refractivity contribution >= 4 is 28.4 Å². The van der Waals surface area contributed by atoms with Gasteiger partial charge in [0.05, 0.1) is 16.6 Å². The van der Waals surface area contributed by atoms with Crippen molar-refractivity contribution in [2.24, 2.45) is 7.05 Å². The number of ketones is 1. The Morgan fingerprint density at radius 3 is 2.45 bits per heavy atom. The van der Waals surface area contributed by atoms with Crippen LogP contribution in [0, 0.1) is 6.92 Å². The van der Waals surface area contributed by atoms with Gasteiger partial charge < -0.3 is 10.1 Å². The summed E-state index contributed by atoms with van der Waals surface area (Å²) >= 11 is 0. The monoisotopic (exact) mass is 406 g/mol. The van der Waals surface area contributed by atoms with E-state index in [2.05, 4.69) is 15.4 Å². The summed E-state index contributed by atoms with van der Waals surface area (Å²) in [5.41, 5.74) is 0.185. The first-order valence-corrected chi connectivity index (χ1v) is 8.51. The Morgan fingerprint density at radius 2 is 1.86 bits per heavy atom. The minimum Gasteiger partial charge on any atom is -0.467 e. The van der Waals surface area contributed by atoms with E-state index in [1.54, 1.807) is 24.3 Å². The molecule has 0 unspecified atom stereocenters. The minimum absolute atomic E-state index is 0.00700. The average Bonchev–Trinajstić information content (AvgIpc) is 2.93. The van der Waals surface area contributed by atoms with Gasteiger partial charge in [-0.3, -0.25) is 14.3 Å². The maximum Gasteiger partial charge on any atom is 0.417 e. The maximum absolute atomic E-state index is 13.4. The van der Waals surface area contributed by atoms with Gasteiger partial charge in [0.25, 0.3) is 5.91 Å². The molecule has 0 spiro atoms. The molecule has 3 rings (SSSR count). The second kappa shape index (κ2) is 7.53. The van der Waals surface area contributed by atoms with Gasteiger partial charge in [-0.1, -0.05) is 0 Å². The Morgan fingerprint density at radius 1 is 1.21 bits per heavy atom. The summed E-state index contributed by atoms with van der Waals surface area (Å²) in [4.78, 5) is 27.3. The molecule has 0 aliphatic heterocycles. The highest BCUT2D eigenvalue weighted by Gasteiger charge is 2.35. The van der Waals surface area contributed by atoms with Crippen LogP contribution in [0.3, 0.4) is 0 Å². The molecule has 152 valence electrons. The molecule has 0 aliphatic rings. The molecule has 29 heavy (non-hydrogen) atoms. The van der Waals surface area contributed by atoms with Crippen LogP contribution in [0.4, 0.5) is 18.9 Å². The highest BCUT2D eigenvalue weighted by Crippen LogP contribution is 2.37. The fraction of sp³-hybridized carbons (Fsp3) is 0.263. The lowest BCUT2D eigenvalue weighted by Crippen LogP contribution is -2.21. The number of rotatable bonds is 5. The van der Waals surface area contributed by atoms with Gasteiger partial charge in [-0.25, -0.2) is 0 Å². The number of aromatic nitrogens is 3. The fourth-order valence-corrected chi connectivity index (χ4v) is 2.84. The number of pyridine rings is 1. The number of anilines is 1. The number of hydrogen-bond acceptors (Lipinski definition) is 5. The van der Waals surface area contributed by atoms with Crippen LogP contribution in [0.15, 0.2) is 30.3 Å². The number of carbonyl (C=O) groups is 2. The molecule has 7 nitrogen and oxygen atoms in total. The zero-order valence-corrected chi connectivity index (χ0v) is 15.8. The summed E-state index contributed by atoms with van der Waals surface area (Å²) in [6, 6.07) is 6.94. The number of fused-ring (bicyclic) bond motifs is 1. The number of ether oxygens (including phenoxy) is 1. The molecule has 0 atom stereocenters. The molecule has 0 saturated heterocycles. The Hall–Kier alpha value is -3.43. The van der Waals surface area contributed by atoms with Crippen molar-refractivity contribution in [2.45, 2.75) is 20.0 Å². The molecule has 2 aromatic heterocycles. The molecule has 0 saturated carbocycles. The third kappa shape index (κ3) is 4.36. The van der Waals surface area contributed by atoms with Gasteiger partial charge in [0.15, 0.2) is 18.0 Å². The van der Waals surface area contributed by atoms with Crippen molar-refractivity contribution < 1.29 is 27.5 Å². The number of alkyl halides is 3. The second-order valence-corrected chi connectivity index (χ2v) is 6.38. The zero-order chi connectivity index (χ0) is 21.3. The van der Waals surface area contributed by atoms with Gasteiger partial charge in [-0.2, -0.15) is 23.3 Å². The van der Waals surface area contributed by atoms with Gasteiger partial charge in [-0.05, 0) is 38.1 Å². The highest BCUT2D eigenvalue weighted by atomic mass is 19.4. The number of carbonyl (C=O) groups excluding carboxylic acids is 2. The van der Waals surface area contributed by atoms with E-state index < -0.39 is 24.3 Å². The Bertz CT molecular complexity index is 1090. The van der Waals surface area contributed by atoms with Crippen molar-refractivity contribution in [2.75, 3.05) is 11.9 Å². The van der Waals surface area contributed by atoms with Gasteiger partial charge in [-0.15, -0.1) is 0 Å². The molecule has 1 aromatic carbocycles. The molecule has 1 N–H and O–H groups in total. The van der Waals surface area contributed by atoms with Crippen LogP contribution in [-0.4, -0.2) is 33.1 Å². The van der Waals surface area contributed by atoms with Gasteiger partial charge >= 0.3 is 6.18 Å². The minimum atomic E-state index is -4.63. The number of aryl methyl sites for hydroxylation is 2. The van der Waals surface area contributed by atoms with Crippen LogP contribution in [0.5, 0.6) is 5.88 Å². The van der Waals surface area contributed by atoms with Crippen LogP contribution in [0.25, 0.3) is 11.0 Å². The van der Waals surface area contributed by atoms with E-state index in [-0.39, 0.29) is 28.4 Å². The number of Topliss-reactive ketones (excluding diaryl/α,β-unsaturated/α-hetero) is 1. The smallest absolute Gasteiger partial charge is 0.417 e. The summed E-state index contributed by atoms with van der Waals surface area (Å²) < 4.78 is 46.7. The lowest BCUT2D eigenvalue weighted by atomic mass is 10.1. The fourth-order valence-electron chi connectivity index (χ4n) is 2.84. The zero-order valence-electron chi connectivity index (χ0n) is 15.8. The van der Waals surface area contributed by atoms with E-state index in [0.29, 0.717) is 11.3 Å². The average molecular weight is 406 g/mol. The van der Waals surface area contributed by atoms with Crippen LogP contribution in [0.1, 0.15) is 28.5 Å². The second-order valence-electron chi connectivity index (χ2n) is 6.38. The molecule has 0 radical (unpaired) electrons. The number of amides is 1. The third-order valence-corrected chi connectivity index (χ3v) is 4.18. The lowest BCUT2D eigenvalue weighted by Gasteiger charge is -2.12. The number of hydrogen-bond donors (Lipinski definition) is 1. The summed E-state index contributed by atoms with van der Waals surface area (Å²) in [6.07, 6.45) is -4.63. The van der Waals surface area contributed by atoms with E-state index in [4.69, 9.17) is 4.74 Å². The van der Waals surface area contributed by atoms with Crippen molar-refractivity contribution in [1.82, 2.24) is 14.8 Å². The molecule has 1 amide bonds. The normalized spacial score (nSPS) is 11.5. The molecule has 3 aromatic rings. The van der Waals surface area contributed by atoms with Crippen molar-refractivity contribution in [3.05, 3.63) is 47.2 Å². The Kier molecular flexibility index (Phi) is 5.27. The van der Waals surface area contributed by atoms with Gasteiger partial charge in [0.1, 0.15) is 0 Å². The van der Waals surface area contributed by atoms with E-state index in [1.165, 1.54) is 25.6 Å². The predicted molar refractivity (Wildman–Crippen MR) is 98.8 cm³/mol. The summed E-state index contributed by atoms with van der Waals surface area (Å²) in [6.45, 7) is 2.34. The first-order chi connectivity index (χ1) is 13.6. The van der Waals surface area contributed by atoms with E-state index in [1.807, 2.05) is 0 Å². The van der Waals surface area contributed by atoms with E-state index >= 15 is 0 Å². The lowest BCUT2D eigenvalue weighted by molar-refractivity contribution is -0.136. The molecular formula is C19H17F3N4O3. The quantitative estimate of drug-likeness (QED) is 0.656. The molecule has 10 heteroatoms. The molecule has 0 bridgehead atoms. The van der Waals surface area contributed by atoms with Gasteiger partial charge in [0.2, 0.25) is 5.88 Å². The van der Waals surface area contributed by atoms with E-state index in [9.17, 15) is 22.8 Å². The Labute approximate surface area is 163 Å². The molecule has 2 heterocycles. The third-order valence-electron chi connectivity index (χ3n) is 4.18. The maximum atomic E-state index is 13.4. The largest absolute Gasteiger partial charge is 0.467 e. The van der Waals surface area contributed by atoms with Crippen molar-refractivity contribution in [3.8, 4) is 5.88 Å². The first-order valence-electron chi connectivity index (χ1n) is 8.51. The number of nitrogens with zero attached hydrogens (tertiary/aromatic N) is 3. The Balaban J connectivity index is 1.77. The predicted octanol–water partition coefficient (Wildman–Crippen LogP) is 3.52. The summed E-state index contributed by atoms with van der Waals surface area (Å²) in [5, 5.41) is 6.40. The standard InChI is InChI=1S/C19H17F3N4O3/c1-10-17-14(19(20,21)22)8-16(24-18(17)26(3)25-10)29-9-15(28)23-13-6-4-12(5-7-13)11(2)27/h4-8H,9H2,1-3H3,(H,23,28). The van der Waals surface area contributed by atoms with Crippen LogP contribution < -0.4 is 10.1 Å². The summed E-state index contributed by atoms with van der Waals surface area (Å²) in [7, 11) is 1.48. The van der Waals surface area contributed by atoms with Crippen molar-refractivity contribution in [3.63, 3.8) is 0 Å². The number of nitrogens with one attached hydrogen (secondary N) is 1. The van der Waals surface area contributed by atoms with Crippen LogP contribution in [-0.2, 0) is 18.0 Å². The molecule has 0 aliphatic carbocycles. The van der Waals surface area contributed by atoms with Crippen LogP contribution >= 0.6 is 0 Å². The van der Waals surface area contributed by atoms with Crippen LogP contribution in [0.2, 0.25) is 0 Å². The topological polar surface area (TPSA) is 86.1 Å². The molecular weight excluding hydrogens is 389 g/mol. The first kappa shape index (κ1) is 20.3. The number of benzene rings is 1. The SMILES string of the molecule is CC(=O)c1ccc(NC(=O)COc2cc(C(F)(F)F)c3c(C)nn(C)c3n2)cc1.